The van der Waals surface area contributed by atoms with Crippen LogP contribution in [0.1, 0.15) is 44.4 Å². The third-order valence-electron chi connectivity index (χ3n) is 8.23. The fraction of sp³-hybridized carbons (Fsp3) is 0.325. The minimum atomic E-state index is -0.998. The van der Waals surface area contributed by atoms with E-state index in [9.17, 15) is 24.0 Å². The molecule has 4 aromatic carbocycles. The molecule has 51 heavy (non-hydrogen) atoms. The summed E-state index contributed by atoms with van der Waals surface area (Å²) < 4.78 is 15.6. The molecule has 4 aromatic rings. The lowest BCUT2D eigenvalue weighted by Crippen LogP contribution is -2.57. The molecule has 3 atom stereocenters. The van der Waals surface area contributed by atoms with E-state index in [0.29, 0.717) is 17.9 Å². The van der Waals surface area contributed by atoms with Crippen LogP contribution in [0.4, 0.5) is 0 Å². The molecule has 0 unspecified atom stereocenters. The van der Waals surface area contributed by atoms with E-state index in [2.05, 4.69) is 16.0 Å². The molecule has 3 N–H and O–H groups in total. The van der Waals surface area contributed by atoms with Crippen molar-refractivity contribution in [3.8, 4) is 11.5 Å². The number of amides is 3. The minimum absolute atomic E-state index is 0.0571. The zero-order valence-corrected chi connectivity index (χ0v) is 29.6. The highest BCUT2D eigenvalue weighted by Crippen LogP contribution is 2.20. The van der Waals surface area contributed by atoms with Crippen LogP contribution >= 0.6 is 0 Å². The average molecular weight is 696 g/mol. The lowest BCUT2D eigenvalue weighted by molar-refractivity contribution is -0.142. The molecule has 0 aliphatic heterocycles. The van der Waals surface area contributed by atoms with Crippen molar-refractivity contribution in [1.82, 2.24) is 16.0 Å². The van der Waals surface area contributed by atoms with Crippen LogP contribution in [-0.2, 0) is 48.0 Å². The van der Waals surface area contributed by atoms with Crippen LogP contribution in [0.25, 0.3) is 10.8 Å². The Labute approximate surface area is 298 Å². The first-order valence-electron chi connectivity index (χ1n) is 16.8. The summed E-state index contributed by atoms with van der Waals surface area (Å²) in [6, 6.07) is 24.9. The first-order valence-corrected chi connectivity index (χ1v) is 16.8. The molecule has 0 saturated heterocycles. The van der Waals surface area contributed by atoms with Gasteiger partial charge < -0.3 is 30.2 Å². The van der Waals surface area contributed by atoms with Crippen molar-refractivity contribution in [3.63, 3.8) is 0 Å². The van der Waals surface area contributed by atoms with Gasteiger partial charge in [0, 0.05) is 20.3 Å². The van der Waals surface area contributed by atoms with Crippen molar-refractivity contribution in [1.29, 1.82) is 0 Å². The number of carbonyl (C=O) groups is 5. The minimum Gasteiger partial charge on any atom is -0.497 e. The van der Waals surface area contributed by atoms with Gasteiger partial charge in [0.2, 0.25) is 17.7 Å². The molecule has 11 heteroatoms. The number of hydrogen-bond donors (Lipinski definition) is 3. The molecule has 11 nitrogen and oxygen atoms in total. The van der Waals surface area contributed by atoms with Crippen LogP contribution in [0.2, 0.25) is 0 Å². The first-order chi connectivity index (χ1) is 24.4. The Morgan fingerprint density at radius 3 is 1.92 bits per heavy atom. The summed E-state index contributed by atoms with van der Waals surface area (Å²) in [5.41, 5.74) is 2.41. The van der Waals surface area contributed by atoms with E-state index in [1.807, 2.05) is 54.6 Å². The van der Waals surface area contributed by atoms with Gasteiger partial charge in [0.1, 0.15) is 30.2 Å². The van der Waals surface area contributed by atoms with Gasteiger partial charge in [-0.3, -0.25) is 24.0 Å². The number of carbonyl (C=O) groups excluding carboxylic acids is 5. The van der Waals surface area contributed by atoms with Crippen molar-refractivity contribution < 1.29 is 38.2 Å². The predicted octanol–water partition coefficient (Wildman–Crippen LogP) is 4.48. The van der Waals surface area contributed by atoms with Crippen molar-refractivity contribution in [3.05, 3.63) is 108 Å². The van der Waals surface area contributed by atoms with Crippen molar-refractivity contribution in [2.24, 2.45) is 5.92 Å². The van der Waals surface area contributed by atoms with Crippen LogP contribution in [-0.4, -0.2) is 61.5 Å². The van der Waals surface area contributed by atoms with E-state index in [1.54, 1.807) is 57.4 Å². The molecule has 4 rings (SSSR count). The van der Waals surface area contributed by atoms with E-state index in [-0.39, 0.29) is 31.3 Å². The number of nitrogens with one attached hydrogen (secondary N) is 3. The quantitative estimate of drug-likeness (QED) is 0.115. The van der Waals surface area contributed by atoms with Crippen molar-refractivity contribution in [2.75, 3.05) is 13.7 Å². The molecule has 0 aliphatic rings. The van der Waals surface area contributed by atoms with Crippen LogP contribution in [0.5, 0.6) is 11.5 Å². The van der Waals surface area contributed by atoms with Gasteiger partial charge in [0.05, 0.1) is 19.6 Å². The molecule has 0 fully saturated rings. The van der Waals surface area contributed by atoms with Gasteiger partial charge in [-0.1, -0.05) is 80.6 Å². The lowest BCUT2D eigenvalue weighted by atomic mass is 9.99. The molecule has 0 aliphatic carbocycles. The largest absolute Gasteiger partial charge is 0.497 e. The molecule has 268 valence electrons. The molecule has 0 spiro atoms. The number of benzene rings is 4. The monoisotopic (exact) mass is 695 g/mol. The van der Waals surface area contributed by atoms with Gasteiger partial charge in [0.25, 0.3) is 0 Å². The van der Waals surface area contributed by atoms with Gasteiger partial charge in [0.15, 0.2) is 0 Å². The second-order valence-corrected chi connectivity index (χ2v) is 12.7. The normalized spacial score (nSPS) is 12.7. The maximum absolute atomic E-state index is 14.0. The first kappa shape index (κ1) is 38.1. The summed E-state index contributed by atoms with van der Waals surface area (Å²) >= 11 is 0. The zero-order valence-electron chi connectivity index (χ0n) is 29.6. The number of ether oxygens (including phenoxy) is 3. The number of hydrogen-bond acceptors (Lipinski definition) is 8. The highest BCUT2D eigenvalue weighted by molar-refractivity contribution is 5.94. The third-order valence-corrected chi connectivity index (χ3v) is 8.23. The Bertz CT molecular complexity index is 1820. The SMILES string of the molecule is COc1ccc(C[C@H](NC(=O)Cc2cccc3ccccc23)C(=O)N[C@H](C(=O)N[C@H](COC(C)=O)Cc2ccc(OC(C)=O)cc2)C(C)C)cc1. The van der Waals surface area contributed by atoms with E-state index in [4.69, 9.17) is 14.2 Å². The van der Waals surface area contributed by atoms with Crippen LogP contribution in [0, 0.1) is 5.92 Å². The Hall–Kier alpha value is -5.71. The predicted molar refractivity (Wildman–Crippen MR) is 193 cm³/mol. The summed E-state index contributed by atoms with van der Waals surface area (Å²) in [5, 5.41) is 10.7. The second kappa shape index (κ2) is 18.3. The number of fused-ring (bicyclic) bond motifs is 1. The Kier molecular flexibility index (Phi) is 13.7. The standard InChI is InChI=1S/C40H45N3O8/c1-25(2)38(40(48)41-32(24-50-26(3)44)21-28-15-19-34(20-16-28)51-27(4)45)43-39(47)36(22-29-13-17-33(49-5)18-14-29)42-37(46)23-31-11-8-10-30-9-6-7-12-35(30)31/h6-20,25,32,36,38H,21-24H2,1-5H3,(H,41,48)(H,42,46)(H,43,47)/t32-,36-,38-/m0/s1. The van der Waals surface area contributed by atoms with Gasteiger partial charge >= 0.3 is 11.9 Å². The van der Waals surface area contributed by atoms with Gasteiger partial charge in [-0.05, 0) is 64.1 Å². The van der Waals surface area contributed by atoms with E-state index < -0.39 is 41.9 Å². The van der Waals surface area contributed by atoms with Crippen LogP contribution in [0.15, 0.2) is 91.0 Å². The van der Waals surface area contributed by atoms with Gasteiger partial charge in [-0.15, -0.1) is 0 Å². The molecular weight excluding hydrogens is 650 g/mol. The maximum atomic E-state index is 14.0. The Morgan fingerprint density at radius 1 is 0.667 bits per heavy atom. The fourth-order valence-electron chi connectivity index (χ4n) is 5.66. The summed E-state index contributed by atoms with van der Waals surface area (Å²) in [5.74, 6) is -1.59. The summed E-state index contributed by atoms with van der Waals surface area (Å²) in [6.45, 7) is 6.09. The molecule has 0 saturated carbocycles. The molecule has 3 amide bonds. The molecule has 0 bridgehead atoms. The summed E-state index contributed by atoms with van der Waals surface area (Å²) in [6.07, 6.45) is 0.520. The van der Waals surface area contributed by atoms with E-state index in [1.165, 1.54) is 13.8 Å². The fourth-order valence-corrected chi connectivity index (χ4v) is 5.66. The van der Waals surface area contributed by atoms with E-state index in [0.717, 1.165) is 27.5 Å². The Balaban J connectivity index is 1.51. The highest BCUT2D eigenvalue weighted by atomic mass is 16.5. The third kappa shape index (κ3) is 11.7. The topological polar surface area (TPSA) is 149 Å². The molecular formula is C40H45N3O8. The number of esters is 2. The van der Waals surface area contributed by atoms with Crippen molar-refractivity contribution >= 4 is 40.4 Å². The average Bonchev–Trinajstić information content (AvgIpc) is 3.10. The Morgan fingerprint density at radius 2 is 1.29 bits per heavy atom. The zero-order chi connectivity index (χ0) is 36.9. The van der Waals surface area contributed by atoms with Crippen LogP contribution in [0.3, 0.4) is 0 Å². The van der Waals surface area contributed by atoms with Gasteiger partial charge in [-0.2, -0.15) is 0 Å². The maximum Gasteiger partial charge on any atom is 0.308 e. The second-order valence-electron chi connectivity index (χ2n) is 12.7. The summed E-state index contributed by atoms with van der Waals surface area (Å²) in [4.78, 5) is 64.2. The smallest absolute Gasteiger partial charge is 0.308 e. The summed E-state index contributed by atoms with van der Waals surface area (Å²) in [7, 11) is 1.56. The van der Waals surface area contributed by atoms with Gasteiger partial charge in [-0.25, -0.2) is 0 Å². The number of methoxy groups -OCH3 is 1. The highest BCUT2D eigenvalue weighted by Gasteiger charge is 2.30. The molecule has 0 radical (unpaired) electrons. The van der Waals surface area contributed by atoms with Crippen molar-refractivity contribution in [2.45, 2.75) is 65.1 Å². The number of rotatable bonds is 16. The van der Waals surface area contributed by atoms with Crippen LogP contribution < -0.4 is 25.4 Å². The molecule has 0 heterocycles. The lowest BCUT2D eigenvalue weighted by Gasteiger charge is -2.27. The molecule has 0 aromatic heterocycles. The van der Waals surface area contributed by atoms with E-state index >= 15 is 0 Å².